The predicted octanol–water partition coefficient (Wildman–Crippen LogP) is 4.54. The smallest absolute Gasteiger partial charge is 0.0892 e. The quantitative estimate of drug-likeness (QED) is 0.553. The molecular weight excluding hydrogens is 400 g/mol. The van der Waals surface area contributed by atoms with Crippen LogP contribution >= 0.6 is 0 Å². The summed E-state index contributed by atoms with van der Waals surface area (Å²) in [5.41, 5.74) is 0.106. The van der Waals surface area contributed by atoms with Gasteiger partial charge >= 0.3 is 0 Å². The summed E-state index contributed by atoms with van der Waals surface area (Å²) in [6.07, 6.45) is 8.31. The molecule has 4 heteroatoms. The van der Waals surface area contributed by atoms with Crippen LogP contribution in [0.1, 0.15) is 92.9 Å². The standard InChI is InChI=1S/C28H46O4/c1-16-13-24(4,15-29)32-21-20(16)25(5)11-12-28-14-27(28)10-9-19(30)23(2,3)17(27)7-8-18(28)26(25,6)22(21)31/h16-22,29-31H,7-15H2,1-6H3/t16-,17+,18+,19+,20?,21?,22+,24-,25-,26-,27-,28?/m1/s1. The highest BCUT2D eigenvalue weighted by atomic mass is 16.5. The number of fused-ring (bicyclic) bond motifs is 4. The van der Waals surface area contributed by atoms with E-state index in [0.29, 0.717) is 34.5 Å². The maximum absolute atomic E-state index is 12.1. The van der Waals surface area contributed by atoms with Crippen molar-refractivity contribution in [1.82, 2.24) is 0 Å². The van der Waals surface area contributed by atoms with E-state index in [1.54, 1.807) is 0 Å². The molecule has 1 saturated heterocycles. The van der Waals surface area contributed by atoms with E-state index in [-0.39, 0.29) is 35.1 Å². The van der Waals surface area contributed by atoms with Gasteiger partial charge in [0.25, 0.3) is 0 Å². The molecule has 5 saturated carbocycles. The molecule has 1 aliphatic heterocycles. The van der Waals surface area contributed by atoms with Crippen LogP contribution in [0, 0.1) is 50.7 Å². The van der Waals surface area contributed by atoms with Gasteiger partial charge in [-0.1, -0.05) is 34.6 Å². The minimum atomic E-state index is -0.540. The van der Waals surface area contributed by atoms with Gasteiger partial charge in [0.05, 0.1) is 30.5 Å². The zero-order valence-corrected chi connectivity index (χ0v) is 21.2. The first kappa shape index (κ1) is 22.3. The summed E-state index contributed by atoms with van der Waals surface area (Å²) < 4.78 is 6.60. The van der Waals surface area contributed by atoms with Gasteiger partial charge in [-0.2, -0.15) is 0 Å². The second-order valence-corrected chi connectivity index (χ2v) is 14.6. The summed E-state index contributed by atoms with van der Waals surface area (Å²) in [6, 6.07) is 0. The highest BCUT2D eigenvalue weighted by molar-refractivity contribution is 5.32. The third kappa shape index (κ3) is 2.17. The average Bonchev–Trinajstić information content (AvgIpc) is 3.36. The second kappa shape index (κ2) is 6.15. The highest BCUT2D eigenvalue weighted by Crippen LogP contribution is 2.89. The molecule has 0 amide bonds. The van der Waals surface area contributed by atoms with Gasteiger partial charge < -0.3 is 20.1 Å². The largest absolute Gasteiger partial charge is 0.393 e. The number of ether oxygens (including phenoxy) is 1. The Kier molecular flexibility index (Phi) is 4.29. The molecule has 182 valence electrons. The summed E-state index contributed by atoms with van der Waals surface area (Å²) in [5, 5.41) is 33.0. The molecule has 6 rings (SSSR count). The molecular formula is C28H46O4. The number of aliphatic hydroxyl groups is 3. The Bertz CT molecular complexity index is 826. The van der Waals surface area contributed by atoms with Crippen molar-refractivity contribution in [3.05, 3.63) is 0 Å². The molecule has 2 spiro atoms. The van der Waals surface area contributed by atoms with Crippen molar-refractivity contribution in [2.45, 2.75) is 117 Å². The van der Waals surface area contributed by atoms with Crippen LogP contribution in [-0.4, -0.2) is 45.8 Å². The zero-order chi connectivity index (χ0) is 23.1. The molecule has 0 aromatic heterocycles. The van der Waals surface area contributed by atoms with Crippen molar-refractivity contribution in [1.29, 1.82) is 0 Å². The first-order valence-corrected chi connectivity index (χ1v) is 13.5. The van der Waals surface area contributed by atoms with Gasteiger partial charge in [0, 0.05) is 5.41 Å². The summed E-state index contributed by atoms with van der Waals surface area (Å²) in [4.78, 5) is 0. The zero-order valence-electron chi connectivity index (χ0n) is 21.2. The Balaban J connectivity index is 1.41. The molecule has 0 aromatic carbocycles. The fourth-order valence-corrected chi connectivity index (χ4v) is 11.8. The van der Waals surface area contributed by atoms with Crippen molar-refractivity contribution in [3.63, 3.8) is 0 Å². The van der Waals surface area contributed by atoms with Gasteiger partial charge in [0.15, 0.2) is 0 Å². The number of rotatable bonds is 1. The SMILES string of the molecule is C[C@@H]1C[C@](C)(CO)OC2C1[C@@]1(C)CCC34C[C@@]35CC[C@H](O)C(C)(C)[C@@H]5CC[C@H]4[C@]1(C)[C@H]2O. The number of hydrogen-bond acceptors (Lipinski definition) is 4. The van der Waals surface area contributed by atoms with Crippen molar-refractivity contribution in [2.75, 3.05) is 6.61 Å². The van der Waals surface area contributed by atoms with Gasteiger partial charge in [0.1, 0.15) is 0 Å². The van der Waals surface area contributed by atoms with Crippen molar-refractivity contribution in [3.8, 4) is 0 Å². The maximum Gasteiger partial charge on any atom is 0.0892 e. The van der Waals surface area contributed by atoms with Gasteiger partial charge in [0.2, 0.25) is 0 Å². The molecule has 3 unspecified atom stereocenters. The van der Waals surface area contributed by atoms with Crippen LogP contribution in [0.15, 0.2) is 0 Å². The lowest BCUT2D eigenvalue weighted by Crippen LogP contribution is -2.59. The summed E-state index contributed by atoms with van der Waals surface area (Å²) in [5.74, 6) is 1.94. The topological polar surface area (TPSA) is 69.9 Å². The van der Waals surface area contributed by atoms with Gasteiger partial charge in [-0.05, 0) is 104 Å². The first-order valence-electron chi connectivity index (χ1n) is 13.5. The Morgan fingerprint density at radius 1 is 0.875 bits per heavy atom. The number of hydrogen-bond donors (Lipinski definition) is 3. The molecule has 0 radical (unpaired) electrons. The van der Waals surface area contributed by atoms with E-state index in [4.69, 9.17) is 4.74 Å². The van der Waals surface area contributed by atoms with E-state index in [1.165, 1.54) is 38.5 Å². The van der Waals surface area contributed by atoms with Crippen LogP contribution in [0.3, 0.4) is 0 Å². The van der Waals surface area contributed by atoms with Gasteiger partial charge in [-0.3, -0.25) is 0 Å². The lowest BCUT2D eigenvalue weighted by Gasteiger charge is -2.63. The molecule has 5 aliphatic carbocycles. The van der Waals surface area contributed by atoms with Crippen molar-refractivity contribution in [2.24, 2.45) is 50.7 Å². The average molecular weight is 447 g/mol. The lowest BCUT2D eigenvalue weighted by molar-refractivity contribution is -0.202. The highest BCUT2D eigenvalue weighted by Gasteiger charge is 2.84. The molecule has 6 aliphatic rings. The Hall–Kier alpha value is -0.160. The molecule has 1 heterocycles. The molecule has 32 heavy (non-hydrogen) atoms. The van der Waals surface area contributed by atoms with Crippen LogP contribution in [-0.2, 0) is 4.74 Å². The van der Waals surface area contributed by atoms with E-state index in [2.05, 4.69) is 34.6 Å². The molecule has 6 fully saturated rings. The lowest BCUT2D eigenvalue weighted by atomic mass is 9.41. The fourth-order valence-electron chi connectivity index (χ4n) is 11.8. The van der Waals surface area contributed by atoms with Crippen molar-refractivity contribution >= 4 is 0 Å². The normalized spacial score (nSPS) is 64.6. The first-order chi connectivity index (χ1) is 14.8. The van der Waals surface area contributed by atoms with Crippen LogP contribution in [0.25, 0.3) is 0 Å². The predicted molar refractivity (Wildman–Crippen MR) is 124 cm³/mol. The van der Waals surface area contributed by atoms with Gasteiger partial charge in [-0.25, -0.2) is 0 Å². The second-order valence-electron chi connectivity index (χ2n) is 14.6. The summed E-state index contributed by atoms with van der Waals surface area (Å²) in [6.45, 7) is 13.9. The third-order valence-electron chi connectivity index (χ3n) is 13.4. The minimum absolute atomic E-state index is 0.00276. The Morgan fingerprint density at radius 2 is 1.53 bits per heavy atom. The monoisotopic (exact) mass is 446 g/mol. The van der Waals surface area contributed by atoms with E-state index in [1.807, 2.05) is 6.92 Å². The van der Waals surface area contributed by atoms with E-state index < -0.39 is 11.7 Å². The molecule has 4 nitrogen and oxygen atoms in total. The molecule has 0 bridgehead atoms. The molecule has 3 N–H and O–H groups in total. The number of aliphatic hydroxyl groups excluding tert-OH is 3. The molecule has 0 aromatic rings. The fraction of sp³-hybridized carbons (Fsp3) is 1.00. The van der Waals surface area contributed by atoms with Crippen LogP contribution in [0.2, 0.25) is 0 Å². The Labute approximate surface area is 194 Å². The summed E-state index contributed by atoms with van der Waals surface area (Å²) in [7, 11) is 0. The van der Waals surface area contributed by atoms with E-state index in [0.717, 1.165) is 12.8 Å². The van der Waals surface area contributed by atoms with Crippen LogP contribution in [0.5, 0.6) is 0 Å². The minimum Gasteiger partial charge on any atom is -0.393 e. The summed E-state index contributed by atoms with van der Waals surface area (Å²) >= 11 is 0. The molecule has 12 atom stereocenters. The van der Waals surface area contributed by atoms with Gasteiger partial charge in [-0.15, -0.1) is 0 Å². The third-order valence-corrected chi connectivity index (χ3v) is 13.4. The van der Waals surface area contributed by atoms with Crippen LogP contribution in [0.4, 0.5) is 0 Å². The van der Waals surface area contributed by atoms with E-state index in [9.17, 15) is 15.3 Å². The Morgan fingerprint density at radius 3 is 2.22 bits per heavy atom. The van der Waals surface area contributed by atoms with Crippen molar-refractivity contribution < 1.29 is 20.1 Å². The van der Waals surface area contributed by atoms with Crippen LogP contribution < -0.4 is 0 Å². The maximum atomic E-state index is 12.1. The van der Waals surface area contributed by atoms with E-state index >= 15 is 0 Å².